The predicted molar refractivity (Wildman–Crippen MR) is 87.5 cm³/mol. The summed E-state index contributed by atoms with van der Waals surface area (Å²) >= 11 is 0. The monoisotopic (exact) mass is 300 g/mol. The zero-order valence-electron chi connectivity index (χ0n) is 13.0. The number of furan rings is 1. The van der Waals surface area contributed by atoms with E-state index in [-0.39, 0.29) is 11.9 Å². The Labute approximate surface area is 131 Å². The summed E-state index contributed by atoms with van der Waals surface area (Å²) in [6.07, 6.45) is 5.38. The summed E-state index contributed by atoms with van der Waals surface area (Å²) < 4.78 is 5.22. The molecule has 0 radical (unpaired) electrons. The van der Waals surface area contributed by atoms with Crippen LogP contribution in [0.3, 0.4) is 0 Å². The van der Waals surface area contributed by atoms with Crippen molar-refractivity contribution < 1.29 is 9.21 Å². The number of rotatable bonds is 8. The van der Waals surface area contributed by atoms with E-state index < -0.39 is 0 Å². The topological polar surface area (TPSA) is 68.3 Å². The molecule has 1 aromatic carbocycles. The Kier molecular flexibility index (Phi) is 6.22. The van der Waals surface area contributed by atoms with E-state index in [1.807, 2.05) is 18.2 Å². The van der Waals surface area contributed by atoms with Gasteiger partial charge in [-0.2, -0.15) is 0 Å². The van der Waals surface area contributed by atoms with Crippen molar-refractivity contribution in [1.29, 1.82) is 0 Å². The standard InChI is InChI=1S/C18H24N2O2/c1-2-6-16(10-9-14-7-4-3-5-8-14)20-18(21)15-11-17(12-19)22-13-15/h3-5,7-8,11,13,16H,2,6,9-10,12,19H2,1H3,(H,20,21). The van der Waals surface area contributed by atoms with Crippen LogP contribution in [0.1, 0.15) is 47.9 Å². The Morgan fingerprint density at radius 2 is 2.05 bits per heavy atom. The lowest BCUT2D eigenvalue weighted by atomic mass is 10.0. The molecular weight excluding hydrogens is 276 g/mol. The van der Waals surface area contributed by atoms with Crippen molar-refractivity contribution in [3.8, 4) is 0 Å². The quantitative estimate of drug-likeness (QED) is 0.786. The molecule has 0 spiro atoms. The highest BCUT2D eigenvalue weighted by Gasteiger charge is 2.15. The van der Waals surface area contributed by atoms with Crippen LogP contribution in [0.15, 0.2) is 47.1 Å². The molecule has 1 atom stereocenters. The second-order valence-corrected chi connectivity index (χ2v) is 5.49. The highest BCUT2D eigenvalue weighted by molar-refractivity contribution is 5.94. The minimum atomic E-state index is -0.0880. The van der Waals surface area contributed by atoms with Crippen molar-refractivity contribution in [1.82, 2.24) is 5.32 Å². The lowest BCUT2D eigenvalue weighted by molar-refractivity contribution is 0.0932. The molecule has 2 rings (SSSR count). The molecule has 2 aromatic rings. The van der Waals surface area contributed by atoms with Gasteiger partial charge in [-0.1, -0.05) is 43.7 Å². The van der Waals surface area contributed by atoms with Crippen molar-refractivity contribution in [2.24, 2.45) is 5.73 Å². The summed E-state index contributed by atoms with van der Waals surface area (Å²) in [4.78, 5) is 12.3. The molecule has 0 saturated carbocycles. The largest absolute Gasteiger partial charge is 0.467 e. The fraction of sp³-hybridized carbons (Fsp3) is 0.389. The van der Waals surface area contributed by atoms with Gasteiger partial charge in [0.1, 0.15) is 12.0 Å². The number of amides is 1. The van der Waals surface area contributed by atoms with Crippen molar-refractivity contribution in [2.75, 3.05) is 0 Å². The first-order valence-corrected chi connectivity index (χ1v) is 7.85. The van der Waals surface area contributed by atoms with E-state index in [1.54, 1.807) is 6.07 Å². The van der Waals surface area contributed by atoms with E-state index in [0.29, 0.717) is 17.9 Å². The van der Waals surface area contributed by atoms with Crippen LogP contribution >= 0.6 is 0 Å². The van der Waals surface area contributed by atoms with Gasteiger partial charge in [-0.3, -0.25) is 4.79 Å². The van der Waals surface area contributed by atoms with Crippen LogP contribution in [-0.4, -0.2) is 11.9 Å². The fourth-order valence-corrected chi connectivity index (χ4v) is 2.50. The lowest BCUT2D eigenvalue weighted by Gasteiger charge is -2.17. The molecule has 22 heavy (non-hydrogen) atoms. The highest BCUT2D eigenvalue weighted by atomic mass is 16.3. The van der Waals surface area contributed by atoms with Crippen LogP contribution in [0.5, 0.6) is 0 Å². The number of benzene rings is 1. The molecule has 0 fully saturated rings. The van der Waals surface area contributed by atoms with Crippen LogP contribution in [0, 0.1) is 0 Å². The van der Waals surface area contributed by atoms with E-state index in [2.05, 4.69) is 24.4 Å². The Balaban J connectivity index is 1.91. The zero-order chi connectivity index (χ0) is 15.8. The van der Waals surface area contributed by atoms with Gasteiger partial charge in [0.2, 0.25) is 0 Å². The number of carbonyl (C=O) groups is 1. The summed E-state index contributed by atoms with van der Waals surface area (Å²) in [6.45, 7) is 2.44. The SMILES string of the molecule is CCCC(CCc1ccccc1)NC(=O)c1coc(CN)c1. The molecule has 0 aliphatic rings. The molecule has 118 valence electrons. The molecule has 0 bridgehead atoms. The summed E-state index contributed by atoms with van der Waals surface area (Å²) in [5.74, 6) is 0.538. The number of aryl methyl sites for hydroxylation is 1. The van der Waals surface area contributed by atoms with Crippen molar-refractivity contribution >= 4 is 5.91 Å². The molecule has 3 N–H and O–H groups in total. The number of nitrogens with one attached hydrogen (secondary N) is 1. The van der Waals surface area contributed by atoms with Crippen LogP contribution in [-0.2, 0) is 13.0 Å². The van der Waals surface area contributed by atoms with Crippen LogP contribution in [0.4, 0.5) is 0 Å². The van der Waals surface area contributed by atoms with Gasteiger partial charge >= 0.3 is 0 Å². The van der Waals surface area contributed by atoms with E-state index in [0.717, 1.165) is 25.7 Å². The van der Waals surface area contributed by atoms with E-state index in [4.69, 9.17) is 10.2 Å². The van der Waals surface area contributed by atoms with E-state index in [9.17, 15) is 4.79 Å². The fourth-order valence-electron chi connectivity index (χ4n) is 2.50. The van der Waals surface area contributed by atoms with Gasteiger partial charge in [0, 0.05) is 6.04 Å². The van der Waals surface area contributed by atoms with Crippen molar-refractivity contribution in [3.63, 3.8) is 0 Å². The number of nitrogens with two attached hydrogens (primary N) is 1. The van der Waals surface area contributed by atoms with Crippen LogP contribution in [0.25, 0.3) is 0 Å². The predicted octanol–water partition coefficient (Wildman–Crippen LogP) is 3.27. The number of hydrogen-bond donors (Lipinski definition) is 2. The third-order valence-electron chi connectivity index (χ3n) is 3.71. The number of hydrogen-bond acceptors (Lipinski definition) is 3. The van der Waals surface area contributed by atoms with E-state index >= 15 is 0 Å². The summed E-state index contributed by atoms with van der Waals surface area (Å²) in [5.41, 5.74) is 7.34. The molecule has 0 aliphatic carbocycles. The van der Waals surface area contributed by atoms with E-state index in [1.165, 1.54) is 11.8 Å². The summed E-state index contributed by atoms with van der Waals surface area (Å²) in [7, 11) is 0. The molecule has 1 heterocycles. The average molecular weight is 300 g/mol. The average Bonchev–Trinajstić information content (AvgIpc) is 3.03. The van der Waals surface area contributed by atoms with Gasteiger partial charge in [-0.15, -0.1) is 0 Å². The van der Waals surface area contributed by atoms with Gasteiger partial charge in [0.15, 0.2) is 0 Å². The first-order chi connectivity index (χ1) is 10.7. The molecule has 4 nitrogen and oxygen atoms in total. The molecule has 1 unspecified atom stereocenters. The Hall–Kier alpha value is -2.07. The molecule has 0 aliphatic heterocycles. The summed E-state index contributed by atoms with van der Waals surface area (Å²) in [6, 6.07) is 12.2. The van der Waals surface area contributed by atoms with Gasteiger partial charge in [0.05, 0.1) is 12.1 Å². The second-order valence-electron chi connectivity index (χ2n) is 5.49. The Morgan fingerprint density at radius 3 is 2.68 bits per heavy atom. The molecule has 4 heteroatoms. The molecular formula is C18H24N2O2. The minimum absolute atomic E-state index is 0.0880. The van der Waals surface area contributed by atoms with Crippen LogP contribution in [0.2, 0.25) is 0 Å². The van der Waals surface area contributed by atoms with Crippen LogP contribution < -0.4 is 11.1 Å². The smallest absolute Gasteiger partial charge is 0.254 e. The number of carbonyl (C=O) groups excluding carboxylic acids is 1. The van der Waals surface area contributed by atoms with Gasteiger partial charge < -0.3 is 15.5 Å². The highest BCUT2D eigenvalue weighted by Crippen LogP contribution is 2.11. The third kappa shape index (κ3) is 4.74. The Morgan fingerprint density at radius 1 is 1.27 bits per heavy atom. The second kappa shape index (κ2) is 8.39. The molecule has 0 saturated heterocycles. The zero-order valence-corrected chi connectivity index (χ0v) is 13.0. The molecule has 1 aromatic heterocycles. The lowest BCUT2D eigenvalue weighted by Crippen LogP contribution is -2.35. The van der Waals surface area contributed by atoms with Gasteiger partial charge in [-0.05, 0) is 30.9 Å². The van der Waals surface area contributed by atoms with Crippen molar-refractivity contribution in [3.05, 3.63) is 59.5 Å². The third-order valence-corrected chi connectivity index (χ3v) is 3.71. The first kappa shape index (κ1) is 16.3. The maximum atomic E-state index is 12.3. The van der Waals surface area contributed by atoms with Gasteiger partial charge in [-0.25, -0.2) is 0 Å². The Bertz CT molecular complexity index is 578. The summed E-state index contributed by atoms with van der Waals surface area (Å²) in [5, 5.41) is 3.10. The maximum Gasteiger partial charge on any atom is 0.254 e. The molecule has 1 amide bonds. The van der Waals surface area contributed by atoms with Crippen molar-refractivity contribution in [2.45, 2.75) is 45.2 Å². The minimum Gasteiger partial charge on any atom is -0.467 e. The first-order valence-electron chi connectivity index (χ1n) is 7.85. The normalized spacial score (nSPS) is 12.1. The van der Waals surface area contributed by atoms with Gasteiger partial charge in [0.25, 0.3) is 5.91 Å². The maximum absolute atomic E-state index is 12.3.